The molecule has 2 amide bonds. The minimum Gasteiger partial charge on any atom is -0.339 e. The fraction of sp³-hybridized carbons (Fsp3) is 0.238. The minimum atomic E-state index is -0.387. The van der Waals surface area contributed by atoms with Crippen molar-refractivity contribution in [3.63, 3.8) is 0 Å². The highest BCUT2D eigenvalue weighted by molar-refractivity contribution is 7.18. The predicted molar refractivity (Wildman–Crippen MR) is 114 cm³/mol. The van der Waals surface area contributed by atoms with E-state index in [0.29, 0.717) is 52.2 Å². The first-order chi connectivity index (χ1) is 14.5. The monoisotopic (exact) mass is 444 g/mol. The molecule has 1 aliphatic rings. The molecule has 0 atom stereocenters. The molecule has 0 bridgehead atoms. The molecule has 2 aromatic carbocycles. The van der Waals surface area contributed by atoms with Crippen LogP contribution in [0.2, 0.25) is 5.02 Å². The number of halogens is 2. The molecule has 6 nitrogen and oxygen atoms in total. The van der Waals surface area contributed by atoms with Crippen LogP contribution in [-0.2, 0) is 4.79 Å². The Kier molecular flexibility index (Phi) is 6.06. The Bertz CT molecular complexity index is 1080. The first-order valence-corrected chi connectivity index (χ1v) is 10.7. The van der Waals surface area contributed by atoms with Crippen molar-refractivity contribution < 1.29 is 14.0 Å². The lowest BCUT2D eigenvalue weighted by Crippen LogP contribution is -2.41. The van der Waals surface area contributed by atoms with E-state index in [9.17, 15) is 14.0 Å². The molecular weight excluding hydrogens is 427 g/mol. The molecule has 9 heteroatoms. The number of benzene rings is 2. The quantitative estimate of drug-likeness (QED) is 0.643. The third-order valence-electron chi connectivity index (χ3n) is 5.02. The van der Waals surface area contributed by atoms with Crippen LogP contribution in [0.3, 0.4) is 0 Å². The van der Waals surface area contributed by atoms with Crippen molar-refractivity contribution in [3.8, 4) is 10.6 Å². The fourth-order valence-corrected chi connectivity index (χ4v) is 4.36. The summed E-state index contributed by atoms with van der Waals surface area (Å²) in [7, 11) is 0. The Morgan fingerprint density at radius 2 is 1.77 bits per heavy atom. The van der Waals surface area contributed by atoms with Gasteiger partial charge in [0.05, 0.1) is 10.6 Å². The van der Waals surface area contributed by atoms with Crippen LogP contribution in [0, 0.1) is 11.7 Å². The van der Waals surface area contributed by atoms with E-state index in [-0.39, 0.29) is 23.5 Å². The largest absolute Gasteiger partial charge is 0.339 e. The third kappa shape index (κ3) is 4.34. The van der Waals surface area contributed by atoms with Gasteiger partial charge in [-0.25, -0.2) is 4.39 Å². The molecular formula is C21H18ClFN4O2S. The van der Waals surface area contributed by atoms with Gasteiger partial charge in [-0.2, -0.15) is 0 Å². The standard InChI is InChI=1S/C21H18ClFN4O2S/c22-16-7-3-1-5-14(16)20(29)27-11-9-13(10-12-27)18(28)24-21-26-25-19(30-21)15-6-2-4-8-17(15)23/h1-8,13H,9-12H2,(H,24,26,28). The number of amides is 2. The van der Waals surface area contributed by atoms with Crippen LogP contribution in [0.5, 0.6) is 0 Å². The number of hydrogen-bond donors (Lipinski definition) is 1. The Morgan fingerprint density at radius 3 is 2.50 bits per heavy atom. The van der Waals surface area contributed by atoms with Crippen LogP contribution in [0.25, 0.3) is 10.6 Å². The first kappa shape index (κ1) is 20.4. The topological polar surface area (TPSA) is 75.2 Å². The molecule has 0 radical (unpaired) electrons. The van der Waals surface area contributed by atoms with Crippen molar-refractivity contribution in [2.75, 3.05) is 18.4 Å². The van der Waals surface area contributed by atoms with Gasteiger partial charge in [-0.15, -0.1) is 10.2 Å². The van der Waals surface area contributed by atoms with E-state index in [1.165, 1.54) is 6.07 Å². The van der Waals surface area contributed by atoms with Crippen molar-refractivity contribution in [2.45, 2.75) is 12.8 Å². The Balaban J connectivity index is 1.35. The molecule has 1 fully saturated rings. The fourth-order valence-electron chi connectivity index (χ4n) is 3.37. The summed E-state index contributed by atoms with van der Waals surface area (Å²) in [5.41, 5.74) is 0.818. The van der Waals surface area contributed by atoms with Gasteiger partial charge in [0.15, 0.2) is 5.01 Å². The maximum absolute atomic E-state index is 13.9. The van der Waals surface area contributed by atoms with Crippen LogP contribution < -0.4 is 5.32 Å². The predicted octanol–water partition coefficient (Wildman–Crippen LogP) is 4.49. The van der Waals surface area contributed by atoms with Gasteiger partial charge in [0.1, 0.15) is 5.82 Å². The van der Waals surface area contributed by atoms with Crippen LogP contribution >= 0.6 is 22.9 Å². The second-order valence-electron chi connectivity index (χ2n) is 6.93. The van der Waals surface area contributed by atoms with E-state index in [2.05, 4.69) is 15.5 Å². The SMILES string of the molecule is O=C(Nc1nnc(-c2ccccc2F)s1)C1CCN(C(=O)c2ccccc2Cl)CC1. The average Bonchev–Trinajstić information content (AvgIpc) is 3.22. The van der Waals surface area contributed by atoms with Crippen molar-refractivity contribution in [2.24, 2.45) is 5.92 Å². The van der Waals surface area contributed by atoms with Gasteiger partial charge in [0, 0.05) is 24.6 Å². The zero-order valence-corrected chi connectivity index (χ0v) is 17.4. The van der Waals surface area contributed by atoms with E-state index < -0.39 is 0 Å². The highest BCUT2D eigenvalue weighted by atomic mass is 35.5. The van der Waals surface area contributed by atoms with Crippen LogP contribution in [-0.4, -0.2) is 40.0 Å². The molecule has 0 aliphatic carbocycles. The van der Waals surface area contributed by atoms with Crippen molar-refractivity contribution >= 4 is 39.9 Å². The number of nitrogens with one attached hydrogen (secondary N) is 1. The second-order valence-corrected chi connectivity index (χ2v) is 8.31. The smallest absolute Gasteiger partial charge is 0.255 e. The molecule has 3 aromatic rings. The van der Waals surface area contributed by atoms with Crippen molar-refractivity contribution in [1.29, 1.82) is 0 Å². The first-order valence-electron chi connectivity index (χ1n) is 9.46. The maximum atomic E-state index is 13.9. The van der Waals surface area contributed by atoms with Gasteiger partial charge in [-0.05, 0) is 37.1 Å². The molecule has 0 unspecified atom stereocenters. The lowest BCUT2D eigenvalue weighted by Gasteiger charge is -2.31. The summed E-state index contributed by atoms with van der Waals surface area (Å²) in [5.74, 6) is -0.919. The number of piperidine rings is 1. The highest BCUT2D eigenvalue weighted by Crippen LogP contribution is 2.29. The number of hydrogen-bond acceptors (Lipinski definition) is 5. The minimum absolute atomic E-state index is 0.127. The summed E-state index contributed by atoms with van der Waals surface area (Å²) in [6.45, 7) is 0.942. The van der Waals surface area contributed by atoms with Gasteiger partial charge in [0.2, 0.25) is 11.0 Å². The number of likely N-dealkylation sites (tertiary alicyclic amines) is 1. The molecule has 1 N–H and O–H groups in total. The highest BCUT2D eigenvalue weighted by Gasteiger charge is 2.29. The summed E-state index contributed by atoms with van der Waals surface area (Å²) < 4.78 is 13.9. The van der Waals surface area contributed by atoms with E-state index in [1.807, 2.05) is 0 Å². The summed E-state index contributed by atoms with van der Waals surface area (Å²) in [5, 5.41) is 11.8. The van der Waals surface area contributed by atoms with E-state index in [0.717, 1.165) is 11.3 Å². The van der Waals surface area contributed by atoms with Gasteiger partial charge >= 0.3 is 0 Å². The van der Waals surface area contributed by atoms with Gasteiger partial charge < -0.3 is 10.2 Å². The molecule has 1 saturated heterocycles. The van der Waals surface area contributed by atoms with Crippen LogP contribution in [0.1, 0.15) is 23.2 Å². The summed E-state index contributed by atoms with van der Waals surface area (Å²) in [6, 6.07) is 13.2. The van der Waals surface area contributed by atoms with Gasteiger partial charge in [-0.3, -0.25) is 9.59 Å². The molecule has 30 heavy (non-hydrogen) atoms. The van der Waals surface area contributed by atoms with Crippen molar-refractivity contribution in [3.05, 3.63) is 64.9 Å². The second kappa shape index (κ2) is 8.89. The molecule has 1 aliphatic heterocycles. The van der Waals surface area contributed by atoms with Crippen molar-refractivity contribution in [1.82, 2.24) is 15.1 Å². The third-order valence-corrected chi connectivity index (χ3v) is 6.22. The normalized spacial score (nSPS) is 14.5. The maximum Gasteiger partial charge on any atom is 0.255 e. The number of rotatable bonds is 4. The molecule has 2 heterocycles. The van der Waals surface area contributed by atoms with Gasteiger partial charge in [-0.1, -0.05) is 47.2 Å². The number of anilines is 1. The van der Waals surface area contributed by atoms with E-state index in [1.54, 1.807) is 47.4 Å². The number of carbonyl (C=O) groups excluding carboxylic acids is 2. The summed E-state index contributed by atoms with van der Waals surface area (Å²) in [4.78, 5) is 27.0. The van der Waals surface area contributed by atoms with Gasteiger partial charge in [0.25, 0.3) is 5.91 Å². The Morgan fingerprint density at radius 1 is 1.07 bits per heavy atom. The average molecular weight is 445 g/mol. The Hall–Kier alpha value is -2.84. The Labute approximate surface area is 181 Å². The van der Waals surface area contributed by atoms with Crippen LogP contribution in [0.15, 0.2) is 48.5 Å². The number of carbonyl (C=O) groups is 2. The lowest BCUT2D eigenvalue weighted by atomic mass is 9.95. The number of nitrogens with zero attached hydrogens (tertiary/aromatic N) is 3. The summed E-state index contributed by atoms with van der Waals surface area (Å²) >= 11 is 7.24. The van der Waals surface area contributed by atoms with Crippen LogP contribution in [0.4, 0.5) is 9.52 Å². The zero-order chi connectivity index (χ0) is 21.1. The molecule has 154 valence electrons. The van der Waals surface area contributed by atoms with E-state index >= 15 is 0 Å². The molecule has 1 aromatic heterocycles. The zero-order valence-electron chi connectivity index (χ0n) is 15.8. The summed E-state index contributed by atoms with van der Waals surface area (Å²) in [6.07, 6.45) is 1.09. The number of aromatic nitrogens is 2. The molecule has 4 rings (SSSR count). The van der Waals surface area contributed by atoms with E-state index in [4.69, 9.17) is 11.6 Å². The molecule has 0 saturated carbocycles. The molecule has 0 spiro atoms. The lowest BCUT2D eigenvalue weighted by molar-refractivity contribution is -0.121.